The van der Waals surface area contributed by atoms with Crippen LogP contribution >= 0.6 is 0 Å². The van der Waals surface area contributed by atoms with Gasteiger partial charge in [0, 0.05) is 6.04 Å². The molecule has 0 aliphatic heterocycles. The first-order valence-electron chi connectivity index (χ1n) is 6.26. The van der Waals surface area contributed by atoms with Gasteiger partial charge in [-0.25, -0.2) is 8.78 Å². The highest BCUT2D eigenvalue weighted by molar-refractivity contribution is 5.84. The normalized spacial score (nSPS) is 16.9. The third kappa shape index (κ3) is 5.73. The third-order valence-corrected chi connectivity index (χ3v) is 3.19. The average molecular weight is 265 g/mol. The lowest BCUT2D eigenvalue weighted by Gasteiger charge is -2.34. The van der Waals surface area contributed by atoms with Crippen LogP contribution in [0.3, 0.4) is 0 Å². The minimum Gasteiger partial charge on any atom is -0.368 e. The monoisotopic (exact) mass is 265 g/mol. The average Bonchev–Trinajstić information content (AvgIpc) is 2.25. The molecule has 0 saturated heterocycles. The van der Waals surface area contributed by atoms with Crippen LogP contribution in [0.1, 0.15) is 33.6 Å². The van der Waals surface area contributed by atoms with Gasteiger partial charge in [-0.3, -0.25) is 9.69 Å². The summed E-state index contributed by atoms with van der Waals surface area (Å²) in [6.07, 6.45) is -1.09. The topological polar surface area (TPSA) is 58.4 Å². The van der Waals surface area contributed by atoms with Crippen LogP contribution in [0.25, 0.3) is 0 Å². The molecule has 0 heterocycles. The van der Waals surface area contributed by atoms with E-state index in [4.69, 9.17) is 5.73 Å². The molecule has 0 bridgehead atoms. The predicted molar refractivity (Wildman–Crippen MR) is 68.6 cm³/mol. The highest BCUT2D eigenvalue weighted by Crippen LogP contribution is 2.16. The Morgan fingerprint density at radius 1 is 1.50 bits per heavy atom. The molecule has 0 radical (unpaired) electrons. The van der Waals surface area contributed by atoms with Crippen LogP contribution in [-0.2, 0) is 4.79 Å². The Balaban J connectivity index is 4.52. The van der Waals surface area contributed by atoms with E-state index in [2.05, 4.69) is 5.32 Å². The van der Waals surface area contributed by atoms with Gasteiger partial charge in [-0.15, -0.1) is 0 Å². The number of halogens is 2. The van der Waals surface area contributed by atoms with Gasteiger partial charge in [0.2, 0.25) is 5.91 Å². The summed E-state index contributed by atoms with van der Waals surface area (Å²) in [6, 6.07) is -0.152. The number of hydrogen-bond donors (Lipinski definition) is 2. The molecule has 1 amide bonds. The molecule has 0 rings (SSSR count). The number of carbonyl (C=O) groups excluding carboxylic acids is 1. The summed E-state index contributed by atoms with van der Waals surface area (Å²) in [5.41, 5.74) is 4.54. The van der Waals surface area contributed by atoms with Crippen LogP contribution < -0.4 is 11.1 Å². The highest BCUT2D eigenvalue weighted by Gasteiger charge is 2.33. The molecule has 18 heavy (non-hydrogen) atoms. The van der Waals surface area contributed by atoms with Crippen molar-refractivity contribution < 1.29 is 13.6 Å². The van der Waals surface area contributed by atoms with Crippen molar-refractivity contribution in [1.82, 2.24) is 10.2 Å². The van der Waals surface area contributed by atoms with Crippen LogP contribution in [0.15, 0.2) is 0 Å². The van der Waals surface area contributed by atoms with Gasteiger partial charge >= 0.3 is 0 Å². The maximum atomic E-state index is 12.3. The maximum absolute atomic E-state index is 12.3. The Bertz CT molecular complexity index is 264. The fraction of sp³-hybridized carbons (Fsp3) is 0.917. The number of nitrogens with one attached hydrogen (secondary N) is 1. The molecule has 0 fully saturated rings. The van der Waals surface area contributed by atoms with Crippen molar-refractivity contribution in [2.75, 3.05) is 20.1 Å². The van der Waals surface area contributed by atoms with Crippen molar-refractivity contribution in [2.24, 2.45) is 5.73 Å². The largest absolute Gasteiger partial charge is 0.368 e. The number of nitrogens with two attached hydrogens (primary N) is 1. The summed E-state index contributed by atoms with van der Waals surface area (Å²) in [5.74, 6) is -0.451. The number of nitrogens with zero attached hydrogens (tertiary/aromatic N) is 1. The second kappa shape index (κ2) is 7.63. The summed E-state index contributed by atoms with van der Waals surface area (Å²) in [6.45, 7) is 5.89. The Hall–Kier alpha value is -0.750. The molecule has 0 aromatic rings. The van der Waals surface area contributed by atoms with Gasteiger partial charge in [0.25, 0.3) is 6.43 Å². The SMILES string of the molecule is CCCNC(C)(CC(C)N(C)CC(F)F)C(N)=O. The zero-order valence-corrected chi connectivity index (χ0v) is 11.7. The number of hydrogen-bond acceptors (Lipinski definition) is 3. The molecule has 0 aromatic heterocycles. The quantitative estimate of drug-likeness (QED) is 0.659. The van der Waals surface area contributed by atoms with Crippen LogP contribution in [-0.4, -0.2) is 49.0 Å². The fourth-order valence-electron chi connectivity index (χ4n) is 1.81. The molecule has 108 valence electrons. The van der Waals surface area contributed by atoms with Crippen molar-refractivity contribution in [1.29, 1.82) is 0 Å². The summed E-state index contributed by atoms with van der Waals surface area (Å²) >= 11 is 0. The van der Waals surface area contributed by atoms with Gasteiger partial charge in [0.1, 0.15) is 0 Å². The van der Waals surface area contributed by atoms with E-state index in [1.54, 1.807) is 18.9 Å². The van der Waals surface area contributed by atoms with E-state index in [0.717, 1.165) is 6.42 Å². The van der Waals surface area contributed by atoms with Gasteiger partial charge in [-0.05, 0) is 40.3 Å². The predicted octanol–water partition coefficient (Wildman–Crippen LogP) is 1.21. The second-order valence-electron chi connectivity index (χ2n) is 5.01. The number of alkyl halides is 2. The van der Waals surface area contributed by atoms with Gasteiger partial charge in [0.05, 0.1) is 12.1 Å². The molecule has 0 spiro atoms. The number of primary amides is 1. The molecule has 3 N–H and O–H groups in total. The van der Waals surface area contributed by atoms with Crippen LogP contribution in [0.4, 0.5) is 8.78 Å². The van der Waals surface area contributed by atoms with Gasteiger partial charge in [0.15, 0.2) is 0 Å². The van der Waals surface area contributed by atoms with E-state index in [0.29, 0.717) is 13.0 Å². The van der Waals surface area contributed by atoms with Crippen molar-refractivity contribution >= 4 is 5.91 Å². The van der Waals surface area contributed by atoms with Gasteiger partial charge in [-0.2, -0.15) is 0 Å². The maximum Gasteiger partial charge on any atom is 0.251 e. The minimum atomic E-state index is -2.37. The summed E-state index contributed by atoms with van der Waals surface area (Å²) in [5, 5.41) is 3.10. The fourth-order valence-corrected chi connectivity index (χ4v) is 1.81. The summed E-state index contributed by atoms with van der Waals surface area (Å²) < 4.78 is 24.6. The molecule has 0 aliphatic rings. The molecule has 4 nitrogen and oxygen atoms in total. The second-order valence-corrected chi connectivity index (χ2v) is 5.01. The lowest BCUT2D eigenvalue weighted by atomic mass is 9.92. The zero-order valence-electron chi connectivity index (χ0n) is 11.7. The molecule has 0 aromatic carbocycles. The molecular weight excluding hydrogens is 240 g/mol. The molecular formula is C12H25F2N3O. The summed E-state index contributed by atoms with van der Waals surface area (Å²) in [4.78, 5) is 13.0. The van der Waals surface area contributed by atoms with E-state index < -0.39 is 17.9 Å². The number of rotatable bonds is 9. The van der Waals surface area contributed by atoms with E-state index in [-0.39, 0.29) is 12.6 Å². The van der Waals surface area contributed by atoms with Crippen molar-refractivity contribution in [3.8, 4) is 0 Å². The molecule has 2 unspecified atom stereocenters. The first-order chi connectivity index (χ1) is 8.23. The van der Waals surface area contributed by atoms with E-state index in [1.165, 1.54) is 0 Å². The van der Waals surface area contributed by atoms with Crippen LogP contribution in [0.2, 0.25) is 0 Å². The lowest BCUT2D eigenvalue weighted by Crippen LogP contribution is -2.56. The number of amides is 1. The highest BCUT2D eigenvalue weighted by atomic mass is 19.3. The third-order valence-electron chi connectivity index (χ3n) is 3.19. The Kier molecular flexibility index (Phi) is 7.32. The van der Waals surface area contributed by atoms with Crippen molar-refractivity contribution in [3.05, 3.63) is 0 Å². The van der Waals surface area contributed by atoms with Gasteiger partial charge < -0.3 is 11.1 Å². The first kappa shape index (κ1) is 17.2. The first-order valence-corrected chi connectivity index (χ1v) is 6.26. The Morgan fingerprint density at radius 3 is 2.44 bits per heavy atom. The van der Waals surface area contributed by atoms with Crippen molar-refractivity contribution in [3.63, 3.8) is 0 Å². The standard InChI is InChI=1S/C12H25F2N3O/c1-5-6-16-12(3,11(15)18)7-9(2)17(4)8-10(13)14/h9-10,16H,5-8H2,1-4H3,(H2,15,18). The smallest absolute Gasteiger partial charge is 0.251 e. The Labute approximate surface area is 108 Å². The van der Waals surface area contributed by atoms with E-state index in [9.17, 15) is 13.6 Å². The Morgan fingerprint density at radius 2 is 2.06 bits per heavy atom. The van der Waals surface area contributed by atoms with E-state index in [1.807, 2.05) is 13.8 Å². The molecule has 2 atom stereocenters. The minimum absolute atomic E-state index is 0.152. The van der Waals surface area contributed by atoms with Crippen LogP contribution in [0, 0.1) is 0 Å². The molecule has 0 saturated carbocycles. The van der Waals surface area contributed by atoms with Crippen LogP contribution in [0.5, 0.6) is 0 Å². The van der Waals surface area contributed by atoms with E-state index >= 15 is 0 Å². The lowest BCUT2D eigenvalue weighted by molar-refractivity contribution is -0.124. The molecule has 0 aliphatic carbocycles. The number of carbonyl (C=O) groups is 1. The summed E-state index contributed by atoms with van der Waals surface area (Å²) in [7, 11) is 1.62. The zero-order chi connectivity index (χ0) is 14.3. The molecule has 6 heteroatoms. The van der Waals surface area contributed by atoms with Crippen molar-refractivity contribution in [2.45, 2.75) is 51.6 Å². The van der Waals surface area contributed by atoms with Gasteiger partial charge in [-0.1, -0.05) is 6.92 Å².